The molecule has 0 aliphatic carbocycles. The first-order chi connectivity index (χ1) is 5.79. The molecule has 1 aliphatic rings. The topological polar surface area (TPSA) is 24.9 Å². The van der Waals surface area contributed by atoms with E-state index in [1.54, 1.807) is 0 Å². The lowest BCUT2D eigenvalue weighted by molar-refractivity contribution is 0.194. The second-order valence-corrected chi connectivity index (χ2v) is 3.91. The minimum atomic E-state index is 0.453. The van der Waals surface area contributed by atoms with Crippen molar-refractivity contribution in [3.05, 3.63) is 30.1 Å². The van der Waals surface area contributed by atoms with Crippen molar-refractivity contribution in [2.24, 2.45) is 5.41 Å². The van der Waals surface area contributed by atoms with Gasteiger partial charge >= 0.3 is 0 Å². The third-order valence-electron chi connectivity index (χ3n) is 2.44. The molecule has 1 aromatic rings. The molecule has 1 N–H and O–H groups in total. The summed E-state index contributed by atoms with van der Waals surface area (Å²) in [5.41, 5.74) is 1.66. The van der Waals surface area contributed by atoms with Gasteiger partial charge in [0.1, 0.15) is 0 Å². The lowest BCUT2D eigenvalue weighted by Crippen LogP contribution is -2.52. The highest BCUT2D eigenvalue weighted by molar-refractivity contribution is 5.08. The van der Waals surface area contributed by atoms with E-state index in [0.717, 1.165) is 19.5 Å². The van der Waals surface area contributed by atoms with Gasteiger partial charge in [-0.25, -0.2) is 0 Å². The van der Waals surface area contributed by atoms with E-state index in [4.69, 9.17) is 0 Å². The first-order valence-electron chi connectivity index (χ1n) is 4.39. The van der Waals surface area contributed by atoms with E-state index >= 15 is 0 Å². The van der Waals surface area contributed by atoms with Crippen LogP contribution in [0.5, 0.6) is 0 Å². The Bertz CT molecular complexity index is 252. The minimum absolute atomic E-state index is 0.453. The van der Waals surface area contributed by atoms with Gasteiger partial charge < -0.3 is 5.32 Å². The standard InChI is InChI=1S/C10H14N2/c1-10(7-11-8-10)6-9-4-2-3-5-12-9/h2-5,11H,6-8H2,1H3. The number of pyridine rings is 1. The number of hydrogen-bond acceptors (Lipinski definition) is 2. The van der Waals surface area contributed by atoms with Crippen molar-refractivity contribution in [3.8, 4) is 0 Å². The summed E-state index contributed by atoms with van der Waals surface area (Å²) in [4.78, 5) is 4.32. The molecule has 0 atom stereocenters. The Morgan fingerprint density at radius 2 is 2.33 bits per heavy atom. The quantitative estimate of drug-likeness (QED) is 0.707. The van der Waals surface area contributed by atoms with E-state index in [9.17, 15) is 0 Å². The lowest BCUT2D eigenvalue weighted by Gasteiger charge is -2.39. The van der Waals surface area contributed by atoms with Crippen molar-refractivity contribution in [1.82, 2.24) is 10.3 Å². The molecule has 64 valence electrons. The predicted molar refractivity (Wildman–Crippen MR) is 48.9 cm³/mol. The monoisotopic (exact) mass is 162 g/mol. The molecule has 1 saturated heterocycles. The summed E-state index contributed by atoms with van der Waals surface area (Å²) in [5, 5.41) is 3.29. The second kappa shape index (κ2) is 2.87. The van der Waals surface area contributed by atoms with Gasteiger partial charge in [0, 0.05) is 25.0 Å². The largest absolute Gasteiger partial charge is 0.316 e. The minimum Gasteiger partial charge on any atom is -0.316 e. The van der Waals surface area contributed by atoms with Gasteiger partial charge in [-0.3, -0.25) is 4.98 Å². The Morgan fingerprint density at radius 3 is 2.83 bits per heavy atom. The Balaban J connectivity index is 2.04. The SMILES string of the molecule is CC1(Cc2ccccn2)CNC1. The zero-order valence-corrected chi connectivity index (χ0v) is 7.38. The van der Waals surface area contributed by atoms with E-state index in [-0.39, 0.29) is 0 Å². The smallest absolute Gasteiger partial charge is 0.0410 e. The summed E-state index contributed by atoms with van der Waals surface area (Å²) in [6.45, 7) is 4.56. The Kier molecular flexibility index (Phi) is 1.85. The molecule has 1 aromatic heterocycles. The maximum absolute atomic E-state index is 4.32. The second-order valence-electron chi connectivity index (χ2n) is 3.91. The van der Waals surface area contributed by atoms with Crippen LogP contribution in [0.25, 0.3) is 0 Å². The van der Waals surface area contributed by atoms with Crippen molar-refractivity contribution >= 4 is 0 Å². The van der Waals surface area contributed by atoms with Crippen LogP contribution in [0.1, 0.15) is 12.6 Å². The van der Waals surface area contributed by atoms with E-state index in [0.29, 0.717) is 5.41 Å². The summed E-state index contributed by atoms with van der Waals surface area (Å²) >= 11 is 0. The molecule has 1 aliphatic heterocycles. The fourth-order valence-corrected chi connectivity index (χ4v) is 1.62. The first kappa shape index (κ1) is 7.74. The maximum atomic E-state index is 4.32. The maximum Gasteiger partial charge on any atom is 0.0410 e. The van der Waals surface area contributed by atoms with E-state index in [1.165, 1.54) is 5.69 Å². The van der Waals surface area contributed by atoms with Crippen molar-refractivity contribution in [3.63, 3.8) is 0 Å². The molecule has 0 bridgehead atoms. The molecule has 1 fully saturated rings. The van der Waals surface area contributed by atoms with Crippen LogP contribution in [0.2, 0.25) is 0 Å². The molecule has 0 radical (unpaired) electrons. The molecule has 0 saturated carbocycles. The molecule has 2 nitrogen and oxygen atoms in total. The molecule has 0 aromatic carbocycles. The molecule has 2 heteroatoms. The summed E-state index contributed by atoms with van der Waals surface area (Å²) in [5.74, 6) is 0. The zero-order valence-electron chi connectivity index (χ0n) is 7.38. The highest BCUT2D eigenvalue weighted by atomic mass is 15.0. The van der Waals surface area contributed by atoms with E-state index < -0.39 is 0 Å². The van der Waals surface area contributed by atoms with Crippen LogP contribution in [-0.2, 0) is 6.42 Å². The normalized spacial score (nSPS) is 20.1. The fourth-order valence-electron chi connectivity index (χ4n) is 1.62. The highest BCUT2D eigenvalue weighted by Crippen LogP contribution is 2.25. The summed E-state index contributed by atoms with van der Waals surface area (Å²) in [7, 11) is 0. The van der Waals surface area contributed by atoms with Crippen LogP contribution in [0, 0.1) is 5.41 Å². The number of nitrogens with zero attached hydrogens (tertiary/aromatic N) is 1. The van der Waals surface area contributed by atoms with Crippen LogP contribution >= 0.6 is 0 Å². The number of aromatic nitrogens is 1. The first-order valence-corrected chi connectivity index (χ1v) is 4.39. The van der Waals surface area contributed by atoms with Gasteiger partial charge in [-0.05, 0) is 24.0 Å². The molecule has 2 heterocycles. The summed E-state index contributed by atoms with van der Waals surface area (Å²) < 4.78 is 0. The van der Waals surface area contributed by atoms with Crippen LogP contribution in [0.15, 0.2) is 24.4 Å². The zero-order chi connectivity index (χ0) is 8.44. The van der Waals surface area contributed by atoms with Gasteiger partial charge in [-0.15, -0.1) is 0 Å². The molecular weight excluding hydrogens is 148 g/mol. The van der Waals surface area contributed by atoms with Crippen molar-refractivity contribution in [2.75, 3.05) is 13.1 Å². The Hall–Kier alpha value is -0.890. The van der Waals surface area contributed by atoms with E-state index in [1.807, 2.05) is 12.3 Å². The van der Waals surface area contributed by atoms with Gasteiger partial charge in [0.05, 0.1) is 0 Å². The fraction of sp³-hybridized carbons (Fsp3) is 0.500. The van der Waals surface area contributed by atoms with Crippen LogP contribution < -0.4 is 5.32 Å². The highest BCUT2D eigenvalue weighted by Gasteiger charge is 2.31. The molecular formula is C10H14N2. The van der Waals surface area contributed by atoms with Crippen molar-refractivity contribution in [2.45, 2.75) is 13.3 Å². The third kappa shape index (κ3) is 1.48. The summed E-state index contributed by atoms with van der Waals surface area (Å²) in [6, 6.07) is 6.12. The molecule has 0 spiro atoms. The Morgan fingerprint density at radius 1 is 1.50 bits per heavy atom. The van der Waals surface area contributed by atoms with E-state index in [2.05, 4.69) is 29.4 Å². The predicted octanol–water partition coefficient (Wildman–Crippen LogP) is 1.23. The van der Waals surface area contributed by atoms with Gasteiger partial charge in [-0.1, -0.05) is 13.0 Å². The van der Waals surface area contributed by atoms with Gasteiger partial charge in [0.25, 0.3) is 0 Å². The average molecular weight is 162 g/mol. The van der Waals surface area contributed by atoms with Gasteiger partial charge in [0.2, 0.25) is 0 Å². The molecule has 0 amide bonds. The Labute approximate surface area is 73.0 Å². The van der Waals surface area contributed by atoms with Crippen LogP contribution in [0.4, 0.5) is 0 Å². The number of nitrogens with one attached hydrogen (secondary N) is 1. The van der Waals surface area contributed by atoms with Crippen LogP contribution in [-0.4, -0.2) is 18.1 Å². The molecule has 0 unspecified atom stereocenters. The van der Waals surface area contributed by atoms with Crippen molar-refractivity contribution in [1.29, 1.82) is 0 Å². The third-order valence-corrected chi connectivity index (χ3v) is 2.44. The molecule has 2 rings (SSSR count). The average Bonchev–Trinajstić information content (AvgIpc) is 2.04. The molecule has 12 heavy (non-hydrogen) atoms. The van der Waals surface area contributed by atoms with Gasteiger partial charge in [-0.2, -0.15) is 0 Å². The summed E-state index contributed by atoms with van der Waals surface area (Å²) in [6.07, 6.45) is 2.96. The number of rotatable bonds is 2. The lowest BCUT2D eigenvalue weighted by atomic mass is 9.80. The van der Waals surface area contributed by atoms with Crippen LogP contribution in [0.3, 0.4) is 0 Å². The van der Waals surface area contributed by atoms with Gasteiger partial charge in [0.15, 0.2) is 0 Å². The number of hydrogen-bond donors (Lipinski definition) is 1. The van der Waals surface area contributed by atoms with Crippen molar-refractivity contribution < 1.29 is 0 Å².